The van der Waals surface area contributed by atoms with Crippen LogP contribution in [-0.4, -0.2) is 40.5 Å². The Hall–Kier alpha value is -2.14. The largest absolute Gasteiger partial charge is 0.389 e. The second kappa shape index (κ2) is 11.5. The van der Waals surface area contributed by atoms with Crippen molar-refractivity contribution in [3.63, 3.8) is 0 Å². The lowest BCUT2D eigenvalue weighted by molar-refractivity contribution is -0.135. The molecule has 148 valence electrons. The van der Waals surface area contributed by atoms with Crippen molar-refractivity contribution in [2.45, 2.75) is 69.9 Å². The number of hydrogen-bond acceptors (Lipinski definition) is 3. The molecule has 1 aliphatic rings. The van der Waals surface area contributed by atoms with Gasteiger partial charge >= 0.3 is 0 Å². The van der Waals surface area contributed by atoms with E-state index in [0.29, 0.717) is 19.3 Å². The Balaban J connectivity index is 1.79. The number of benzene rings is 1. The van der Waals surface area contributed by atoms with E-state index >= 15 is 0 Å². The molecular weight excluding hydrogens is 340 g/mol. The Bertz CT molecular complexity index is 615. The number of aliphatic hydroxyl groups is 1. The van der Waals surface area contributed by atoms with Crippen LogP contribution in [0.4, 0.5) is 0 Å². The zero-order valence-corrected chi connectivity index (χ0v) is 16.1. The summed E-state index contributed by atoms with van der Waals surface area (Å²) >= 11 is 0. The van der Waals surface area contributed by atoms with Gasteiger partial charge in [0, 0.05) is 25.8 Å². The molecule has 0 aromatic heterocycles. The first-order chi connectivity index (χ1) is 13.1. The molecule has 0 bridgehead atoms. The number of likely N-dealkylation sites (tertiary alicyclic amines) is 1. The lowest BCUT2D eigenvalue weighted by Crippen LogP contribution is -2.43. The number of nitrogens with zero attached hydrogens (tertiary/aromatic N) is 1. The van der Waals surface area contributed by atoms with Gasteiger partial charge in [0.05, 0.1) is 12.1 Å². The van der Waals surface area contributed by atoms with Crippen molar-refractivity contribution in [1.29, 1.82) is 0 Å². The van der Waals surface area contributed by atoms with Gasteiger partial charge in [0.2, 0.25) is 11.8 Å². The number of aliphatic hydroxyl groups excluding tert-OH is 1. The number of amides is 2. The van der Waals surface area contributed by atoms with Crippen molar-refractivity contribution in [2.24, 2.45) is 5.73 Å². The molecule has 2 rings (SSSR count). The topological polar surface area (TPSA) is 83.6 Å². The van der Waals surface area contributed by atoms with Gasteiger partial charge in [-0.25, -0.2) is 0 Å². The summed E-state index contributed by atoms with van der Waals surface area (Å²) in [6.07, 6.45) is 10.5. The number of rotatable bonds is 11. The van der Waals surface area contributed by atoms with Crippen LogP contribution in [-0.2, 0) is 16.0 Å². The fourth-order valence-corrected chi connectivity index (χ4v) is 3.55. The van der Waals surface area contributed by atoms with Crippen LogP contribution in [0.1, 0.15) is 56.9 Å². The van der Waals surface area contributed by atoms with E-state index in [4.69, 9.17) is 5.73 Å². The van der Waals surface area contributed by atoms with Gasteiger partial charge in [0.15, 0.2) is 0 Å². The summed E-state index contributed by atoms with van der Waals surface area (Å²) in [7, 11) is 0. The molecule has 0 saturated carbocycles. The lowest BCUT2D eigenvalue weighted by atomic mass is 9.99. The van der Waals surface area contributed by atoms with Gasteiger partial charge in [0.25, 0.3) is 0 Å². The predicted octanol–water partition coefficient (Wildman–Crippen LogP) is 2.96. The third kappa shape index (κ3) is 7.95. The van der Waals surface area contributed by atoms with Crippen LogP contribution in [0.25, 0.3) is 0 Å². The Labute approximate surface area is 162 Å². The van der Waals surface area contributed by atoms with E-state index in [1.165, 1.54) is 0 Å². The molecule has 1 aliphatic heterocycles. The van der Waals surface area contributed by atoms with E-state index in [2.05, 4.69) is 0 Å². The molecule has 1 fully saturated rings. The fourth-order valence-electron chi connectivity index (χ4n) is 3.55. The van der Waals surface area contributed by atoms with Crippen LogP contribution in [0.2, 0.25) is 0 Å². The standard InChI is InChI=1S/C22H32N2O3/c23-21(26)12-6-1-2-7-16-24-19(11-8-13-22(24)27)14-15-20(25)17-18-9-4-3-5-10-18/h3-5,9-10,14-15,19-20,25H,1-2,6-8,11-13,16-17H2,(H2,23,26). The van der Waals surface area contributed by atoms with Gasteiger partial charge in [0.1, 0.15) is 0 Å². The second-order valence-electron chi connectivity index (χ2n) is 7.32. The van der Waals surface area contributed by atoms with E-state index in [1.807, 2.05) is 47.4 Å². The van der Waals surface area contributed by atoms with Gasteiger partial charge in [-0.05, 0) is 31.2 Å². The van der Waals surface area contributed by atoms with Crippen molar-refractivity contribution >= 4 is 11.8 Å². The average Bonchev–Trinajstić information content (AvgIpc) is 2.65. The number of primary amides is 1. The third-order valence-corrected chi connectivity index (χ3v) is 5.03. The van der Waals surface area contributed by atoms with Crippen LogP contribution in [0.15, 0.2) is 42.5 Å². The van der Waals surface area contributed by atoms with Gasteiger partial charge < -0.3 is 15.7 Å². The summed E-state index contributed by atoms with van der Waals surface area (Å²) in [4.78, 5) is 25.0. The Morgan fingerprint density at radius 3 is 2.70 bits per heavy atom. The Morgan fingerprint density at radius 2 is 1.96 bits per heavy atom. The van der Waals surface area contributed by atoms with E-state index in [1.54, 1.807) is 0 Å². The third-order valence-electron chi connectivity index (χ3n) is 5.03. The molecular formula is C22H32N2O3. The smallest absolute Gasteiger partial charge is 0.223 e. The predicted molar refractivity (Wildman–Crippen MR) is 107 cm³/mol. The summed E-state index contributed by atoms with van der Waals surface area (Å²) in [6, 6.07) is 9.98. The maximum atomic E-state index is 12.3. The molecule has 1 heterocycles. The molecule has 2 unspecified atom stereocenters. The molecule has 5 heteroatoms. The first kappa shape index (κ1) is 21.2. The fraction of sp³-hybridized carbons (Fsp3) is 0.545. The van der Waals surface area contributed by atoms with E-state index in [-0.39, 0.29) is 17.9 Å². The molecule has 2 amide bonds. The quantitative estimate of drug-likeness (QED) is 0.463. The lowest BCUT2D eigenvalue weighted by Gasteiger charge is -2.34. The van der Waals surface area contributed by atoms with Crippen LogP contribution >= 0.6 is 0 Å². The van der Waals surface area contributed by atoms with Gasteiger partial charge in [-0.3, -0.25) is 9.59 Å². The first-order valence-electron chi connectivity index (χ1n) is 10.0. The van der Waals surface area contributed by atoms with E-state index < -0.39 is 6.10 Å². The van der Waals surface area contributed by atoms with Crippen LogP contribution in [0, 0.1) is 0 Å². The first-order valence-corrected chi connectivity index (χ1v) is 10.0. The molecule has 2 atom stereocenters. The number of carbonyl (C=O) groups is 2. The van der Waals surface area contributed by atoms with Crippen molar-refractivity contribution < 1.29 is 14.7 Å². The highest BCUT2D eigenvalue weighted by molar-refractivity contribution is 5.77. The van der Waals surface area contributed by atoms with Crippen LogP contribution < -0.4 is 5.73 Å². The number of carbonyl (C=O) groups excluding carboxylic acids is 2. The molecule has 5 nitrogen and oxygen atoms in total. The van der Waals surface area contributed by atoms with Crippen molar-refractivity contribution in [3.8, 4) is 0 Å². The number of unbranched alkanes of at least 4 members (excludes halogenated alkanes) is 3. The number of hydrogen-bond donors (Lipinski definition) is 2. The molecule has 27 heavy (non-hydrogen) atoms. The summed E-state index contributed by atoms with van der Waals surface area (Å²) < 4.78 is 0. The van der Waals surface area contributed by atoms with Crippen LogP contribution in [0.5, 0.6) is 0 Å². The molecule has 1 aromatic carbocycles. The minimum absolute atomic E-state index is 0.0716. The Kier molecular flexibility index (Phi) is 9.05. The van der Waals surface area contributed by atoms with Gasteiger partial charge in [-0.2, -0.15) is 0 Å². The van der Waals surface area contributed by atoms with E-state index in [9.17, 15) is 14.7 Å². The van der Waals surface area contributed by atoms with E-state index in [0.717, 1.165) is 50.6 Å². The zero-order valence-electron chi connectivity index (χ0n) is 16.1. The van der Waals surface area contributed by atoms with Crippen molar-refractivity contribution in [3.05, 3.63) is 48.0 Å². The minimum atomic E-state index is -0.542. The van der Waals surface area contributed by atoms with Crippen molar-refractivity contribution in [2.75, 3.05) is 6.54 Å². The Morgan fingerprint density at radius 1 is 1.22 bits per heavy atom. The van der Waals surface area contributed by atoms with Crippen molar-refractivity contribution in [1.82, 2.24) is 4.90 Å². The summed E-state index contributed by atoms with van der Waals surface area (Å²) in [6.45, 7) is 0.735. The number of piperidine rings is 1. The second-order valence-corrected chi connectivity index (χ2v) is 7.32. The highest BCUT2D eigenvalue weighted by Crippen LogP contribution is 2.21. The van der Waals surface area contributed by atoms with Gasteiger partial charge in [-0.1, -0.05) is 55.3 Å². The molecule has 1 saturated heterocycles. The molecule has 1 aromatic rings. The molecule has 0 aliphatic carbocycles. The maximum Gasteiger partial charge on any atom is 0.223 e. The normalized spacial score (nSPS) is 18.8. The zero-order chi connectivity index (χ0) is 19.5. The van der Waals surface area contributed by atoms with Gasteiger partial charge in [-0.15, -0.1) is 0 Å². The molecule has 0 spiro atoms. The highest BCUT2D eigenvalue weighted by atomic mass is 16.3. The molecule has 3 N–H and O–H groups in total. The van der Waals surface area contributed by atoms with Crippen LogP contribution in [0.3, 0.4) is 0 Å². The minimum Gasteiger partial charge on any atom is -0.389 e. The average molecular weight is 373 g/mol. The highest BCUT2D eigenvalue weighted by Gasteiger charge is 2.25. The maximum absolute atomic E-state index is 12.3. The molecule has 0 radical (unpaired) electrons. The summed E-state index contributed by atoms with van der Waals surface area (Å²) in [5.41, 5.74) is 6.25. The SMILES string of the molecule is NC(=O)CCCCCCN1C(=O)CCCC1C=CC(O)Cc1ccccc1. The monoisotopic (exact) mass is 372 g/mol. The summed E-state index contributed by atoms with van der Waals surface area (Å²) in [5, 5.41) is 10.3. The number of nitrogens with two attached hydrogens (primary N) is 1. The summed E-state index contributed by atoms with van der Waals surface area (Å²) in [5.74, 6) is -0.0499.